The molecule has 0 saturated heterocycles. The number of hydrogen-bond donors (Lipinski definition) is 0. The summed E-state index contributed by atoms with van der Waals surface area (Å²) in [5, 5.41) is 0. The van der Waals surface area contributed by atoms with Gasteiger partial charge in [0.2, 0.25) is 0 Å². The van der Waals surface area contributed by atoms with Crippen LogP contribution in [0.2, 0.25) is 0 Å². The van der Waals surface area contributed by atoms with Gasteiger partial charge in [-0.3, -0.25) is 0 Å². The highest BCUT2D eigenvalue weighted by molar-refractivity contribution is 5.08. The molecular formula is C8H2F14O. The molecule has 0 unspecified atom stereocenters. The average Bonchev–Trinajstić information content (AvgIpc) is 2.24. The maximum atomic E-state index is 12.8. The summed E-state index contributed by atoms with van der Waals surface area (Å²) in [6, 6.07) is -2.93. The molecule has 23 heavy (non-hydrogen) atoms. The van der Waals surface area contributed by atoms with E-state index in [1.54, 1.807) is 6.58 Å². The lowest BCUT2D eigenvalue weighted by atomic mass is 9.97. The Morgan fingerprint density at radius 2 is 0.870 bits per heavy atom. The molecule has 0 amide bonds. The van der Waals surface area contributed by atoms with Crippen LogP contribution in [0.1, 0.15) is 0 Å². The van der Waals surface area contributed by atoms with Crippen LogP contribution < -0.4 is 0 Å². The Labute approximate surface area is 116 Å². The van der Waals surface area contributed by atoms with Gasteiger partial charge in [0.25, 0.3) is 6.01 Å². The van der Waals surface area contributed by atoms with Crippen LogP contribution in [0, 0.1) is 0 Å². The Morgan fingerprint density at radius 1 is 0.565 bits per heavy atom. The van der Waals surface area contributed by atoms with Crippen molar-refractivity contribution in [1.82, 2.24) is 0 Å². The number of halogens is 14. The first-order valence-corrected chi connectivity index (χ1v) is 4.66. The fraction of sp³-hybridized carbons (Fsp3) is 0.750. The monoisotopic (exact) mass is 380 g/mol. The van der Waals surface area contributed by atoms with Gasteiger partial charge in [-0.1, -0.05) is 0 Å². The number of hydrogen-bond acceptors (Lipinski definition) is 1. The van der Waals surface area contributed by atoms with Crippen LogP contribution in [0.4, 0.5) is 61.5 Å². The standard InChI is InChI=1S/C8H2F14O/c1-2(9)23-8(21,22)6(16,17)4(12,13)3(10,11)5(14,15)7(18,19)20/h1H2. The zero-order chi connectivity index (χ0) is 19.3. The van der Waals surface area contributed by atoms with Gasteiger partial charge in [0, 0.05) is 0 Å². The van der Waals surface area contributed by atoms with E-state index in [1.807, 2.05) is 0 Å². The van der Waals surface area contributed by atoms with Crippen LogP contribution in [0.5, 0.6) is 0 Å². The predicted octanol–water partition coefficient (Wildman–Crippen LogP) is 5.14. The van der Waals surface area contributed by atoms with Crippen molar-refractivity contribution in [1.29, 1.82) is 0 Å². The van der Waals surface area contributed by atoms with Crippen molar-refractivity contribution < 1.29 is 66.2 Å². The molecule has 0 aliphatic heterocycles. The Balaban J connectivity index is 6.19. The minimum atomic E-state index is -8.05. The molecule has 0 radical (unpaired) electrons. The highest BCUT2D eigenvalue weighted by Gasteiger charge is 2.91. The van der Waals surface area contributed by atoms with E-state index in [2.05, 4.69) is 4.74 Å². The van der Waals surface area contributed by atoms with Gasteiger partial charge >= 0.3 is 36.0 Å². The Kier molecular flexibility index (Phi) is 4.96. The summed E-state index contributed by atoms with van der Waals surface area (Å²) in [5.74, 6) is -31.6. The molecule has 0 aromatic rings. The van der Waals surface area contributed by atoms with Crippen LogP contribution in [0.3, 0.4) is 0 Å². The lowest BCUT2D eigenvalue weighted by Gasteiger charge is -2.38. The van der Waals surface area contributed by atoms with Crippen LogP contribution >= 0.6 is 0 Å². The Bertz CT molecular complexity index is 460. The second-order valence-electron chi connectivity index (χ2n) is 3.77. The van der Waals surface area contributed by atoms with Crippen molar-refractivity contribution in [2.75, 3.05) is 0 Å². The Hall–Kier alpha value is -1.44. The van der Waals surface area contributed by atoms with Gasteiger partial charge in [-0.05, 0) is 6.58 Å². The largest absolute Gasteiger partial charge is 0.472 e. The molecule has 0 rings (SSSR count). The van der Waals surface area contributed by atoms with Gasteiger partial charge in [-0.25, -0.2) is 0 Å². The Morgan fingerprint density at radius 3 is 1.13 bits per heavy atom. The highest BCUT2D eigenvalue weighted by atomic mass is 19.4. The first-order valence-electron chi connectivity index (χ1n) is 4.66. The molecule has 1 nitrogen and oxygen atoms in total. The quantitative estimate of drug-likeness (QED) is 0.458. The summed E-state index contributed by atoms with van der Waals surface area (Å²) >= 11 is 0. The molecule has 0 aliphatic carbocycles. The summed E-state index contributed by atoms with van der Waals surface area (Å²) < 4.78 is 175. The van der Waals surface area contributed by atoms with Crippen molar-refractivity contribution in [2.45, 2.75) is 36.0 Å². The molecular weight excluding hydrogens is 378 g/mol. The third-order valence-electron chi connectivity index (χ3n) is 2.14. The normalized spacial score (nSPS) is 15.6. The van der Waals surface area contributed by atoms with Crippen molar-refractivity contribution in [3.63, 3.8) is 0 Å². The van der Waals surface area contributed by atoms with E-state index in [1.165, 1.54) is 0 Å². The zero-order valence-corrected chi connectivity index (χ0v) is 9.91. The summed E-state index contributed by atoms with van der Waals surface area (Å²) in [4.78, 5) is 0. The van der Waals surface area contributed by atoms with Gasteiger partial charge in [0.15, 0.2) is 0 Å². The number of ether oxygens (including phenoxy) is 1. The SMILES string of the molecule is C=C(F)OC(F)(F)C(F)(F)C(F)(F)C(F)(F)C(F)(F)C(F)(F)F. The summed E-state index contributed by atoms with van der Waals surface area (Å²) in [6.45, 7) is 1.72. The van der Waals surface area contributed by atoms with E-state index in [0.717, 1.165) is 0 Å². The fourth-order valence-electron chi connectivity index (χ4n) is 0.958. The third kappa shape index (κ3) is 3.00. The van der Waals surface area contributed by atoms with E-state index in [-0.39, 0.29) is 0 Å². The molecule has 15 heteroatoms. The molecule has 0 N–H and O–H groups in total. The molecule has 0 aliphatic rings. The first kappa shape index (κ1) is 21.6. The smallest absolute Gasteiger partial charge is 0.402 e. The predicted molar refractivity (Wildman–Crippen MR) is 42.1 cm³/mol. The van der Waals surface area contributed by atoms with Gasteiger partial charge < -0.3 is 4.74 Å². The van der Waals surface area contributed by atoms with Gasteiger partial charge in [0.05, 0.1) is 0 Å². The fourth-order valence-corrected chi connectivity index (χ4v) is 0.958. The highest BCUT2D eigenvalue weighted by Crippen LogP contribution is 2.60. The van der Waals surface area contributed by atoms with Crippen molar-refractivity contribution >= 4 is 0 Å². The van der Waals surface area contributed by atoms with Crippen LogP contribution in [0.25, 0.3) is 0 Å². The average molecular weight is 380 g/mol. The van der Waals surface area contributed by atoms with Gasteiger partial charge in [-0.15, -0.1) is 0 Å². The summed E-state index contributed by atoms with van der Waals surface area (Å²) in [5.41, 5.74) is 0. The molecule has 0 aromatic carbocycles. The minimum Gasteiger partial charge on any atom is -0.402 e. The molecule has 0 heterocycles. The van der Waals surface area contributed by atoms with Crippen LogP contribution in [0.15, 0.2) is 12.6 Å². The minimum absolute atomic E-state index is 1.72. The molecule has 0 saturated carbocycles. The van der Waals surface area contributed by atoms with Crippen LogP contribution in [-0.2, 0) is 4.74 Å². The lowest BCUT2D eigenvalue weighted by Crippen LogP contribution is -2.70. The van der Waals surface area contributed by atoms with Crippen LogP contribution in [-0.4, -0.2) is 36.0 Å². The maximum Gasteiger partial charge on any atom is 0.472 e. The maximum absolute atomic E-state index is 12.8. The zero-order valence-electron chi connectivity index (χ0n) is 9.91. The molecule has 0 atom stereocenters. The number of rotatable bonds is 6. The summed E-state index contributed by atoms with van der Waals surface area (Å²) in [7, 11) is 0. The van der Waals surface area contributed by atoms with E-state index < -0.39 is 42.0 Å². The lowest BCUT2D eigenvalue weighted by molar-refractivity contribution is -0.463. The van der Waals surface area contributed by atoms with E-state index >= 15 is 0 Å². The van der Waals surface area contributed by atoms with Crippen molar-refractivity contribution in [3.8, 4) is 0 Å². The van der Waals surface area contributed by atoms with Crippen molar-refractivity contribution in [3.05, 3.63) is 12.6 Å². The van der Waals surface area contributed by atoms with E-state index in [0.29, 0.717) is 0 Å². The van der Waals surface area contributed by atoms with E-state index in [4.69, 9.17) is 0 Å². The summed E-state index contributed by atoms with van der Waals surface area (Å²) in [6.07, 6.45) is -14.4. The molecule has 0 aromatic heterocycles. The first-order chi connectivity index (χ1) is 9.67. The topological polar surface area (TPSA) is 9.23 Å². The third-order valence-corrected chi connectivity index (χ3v) is 2.14. The second kappa shape index (κ2) is 5.29. The van der Waals surface area contributed by atoms with Gasteiger partial charge in [0.1, 0.15) is 0 Å². The molecule has 138 valence electrons. The second-order valence-corrected chi connectivity index (χ2v) is 3.77. The molecule has 0 fully saturated rings. The van der Waals surface area contributed by atoms with Gasteiger partial charge in [-0.2, -0.15) is 61.5 Å². The van der Waals surface area contributed by atoms with Crippen molar-refractivity contribution in [2.24, 2.45) is 0 Å². The molecule has 0 spiro atoms. The number of alkyl halides is 13. The van der Waals surface area contributed by atoms with E-state index in [9.17, 15) is 61.5 Å². The molecule has 0 bridgehead atoms.